The van der Waals surface area contributed by atoms with Crippen LogP contribution in [0.15, 0.2) is 18.2 Å². The fourth-order valence-corrected chi connectivity index (χ4v) is 2.76. The minimum absolute atomic E-state index is 0.132. The van der Waals surface area contributed by atoms with Crippen LogP contribution in [0.4, 0.5) is 4.39 Å². The molecule has 0 spiro atoms. The van der Waals surface area contributed by atoms with Gasteiger partial charge >= 0.3 is 5.97 Å². The molecule has 0 fully saturated rings. The molecule has 0 amide bonds. The van der Waals surface area contributed by atoms with Gasteiger partial charge in [0.05, 0.1) is 12.2 Å². The molecule has 94 valence electrons. The number of carbonyl (C=O) groups is 1. The van der Waals surface area contributed by atoms with Crippen molar-refractivity contribution in [3.8, 4) is 0 Å². The first-order chi connectivity index (χ1) is 7.90. The van der Waals surface area contributed by atoms with Gasteiger partial charge in [0.15, 0.2) is 0 Å². The second-order valence-electron chi connectivity index (χ2n) is 3.67. The highest BCUT2D eigenvalue weighted by Gasteiger charge is 2.16. The Morgan fingerprint density at radius 2 is 2.24 bits per heavy atom. The summed E-state index contributed by atoms with van der Waals surface area (Å²) in [5.74, 6) is -1.31. The first-order valence-corrected chi connectivity index (χ1v) is 6.69. The fraction of sp³-hybridized carbons (Fsp3) is 0.364. The van der Waals surface area contributed by atoms with Crippen LogP contribution in [0.1, 0.15) is 18.9 Å². The molecular formula is C11H12ClFO3S. The maximum atomic E-state index is 12.8. The molecule has 0 bridgehead atoms. The van der Waals surface area contributed by atoms with E-state index in [9.17, 15) is 13.4 Å². The molecule has 1 rings (SSSR count). The summed E-state index contributed by atoms with van der Waals surface area (Å²) < 4.78 is 24.6. The molecule has 6 heteroatoms. The van der Waals surface area contributed by atoms with Crippen molar-refractivity contribution in [1.29, 1.82) is 0 Å². The van der Waals surface area contributed by atoms with Gasteiger partial charge in [0.1, 0.15) is 5.82 Å². The third-order valence-corrected chi connectivity index (χ3v) is 4.24. The maximum Gasteiger partial charge on any atom is 0.304 e. The van der Waals surface area contributed by atoms with E-state index in [4.69, 9.17) is 16.7 Å². The predicted octanol–water partition coefficient (Wildman–Crippen LogP) is 2.59. The Morgan fingerprint density at radius 1 is 1.59 bits per heavy atom. The topological polar surface area (TPSA) is 54.4 Å². The van der Waals surface area contributed by atoms with Gasteiger partial charge in [-0.2, -0.15) is 0 Å². The van der Waals surface area contributed by atoms with Crippen molar-refractivity contribution in [2.24, 2.45) is 0 Å². The van der Waals surface area contributed by atoms with E-state index >= 15 is 0 Å². The van der Waals surface area contributed by atoms with Crippen LogP contribution in [0, 0.1) is 5.82 Å². The highest BCUT2D eigenvalue weighted by Crippen LogP contribution is 2.20. The number of halogens is 2. The van der Waals surface area contributed by atoms with Crippen molar-refractivity contribution in [2.75, 3.05) is 0 Å². The SMILES string of the molecule is CC(CC(=O)O)S(=O)Cc1ccc(F)cc1Cl. The van der Waals surface area contributed by atoms with Crippen LogP contribution >= 0.6 is 11.6 Å². The molecule has 2 unspecified atom stereocenters. The zero-order valence-corrected chi connectivity index (χ0v) is 10.7. The molecule has 0 aliphatic carbocycles. The molecule has 1 aromatic carbocycles. The Bertz CT molecular complexity index is 450. The Morgan fingerprint density at radius 3 is 2.76 bits per heavy atom. The molecule has 17 heavy (non-hydrogen) atoms. The first-order valence-electron chi connectivity index (χ1n) is 4.93. The molecule has 0 saturated carbocycles. The van der Waals surface area contributed by atoms with Gasteiger partial charge in [-0.25, -0.2) is 4.39 Å². The molecule has 1 N–H and O–H groups in total. The highest BCUT2D eigenvalue weighted by molar-refractivity contribution is 7.84. The van der Waals surface area contributed by atoms with Crippen molar-refractivity contribution in [3.63, 3.8) is 0 Å². The van der Waals surface area contributed by atoms with Crippen LogP contribution < -0.4 is 0 Å². The van der Waals surface area contributed by atoms with Gasteiger partial charge in [-0.1, -0.05) is 24.6 Å². The normalized spacial score (nSPS) is 14.3. The second kappa shape index (κ2) is 6.12. The summed E-state index contributed by atoms with van der Waals surface area (Å²) in [4.78, 5) is 10.5. The van der Waals surface area contributed by atoms with E-state index in [1.165, 1.54) is 12.1 Å². The molecular weight excluding hydrogens is 267 g/mol. The molecule has 0 radical (unpaired) electrons. The number of hydrogen-bond acceptors (Lipinski definition) is 2. The van der Waals surface area contributed by atoms with Crippen molar-refractivity contribution >= 4 is 28.4 Å². The van der Waals surface area contributed by atoms with Crippen LogP contribution in [0.25, 0.3) is 0 Å². The Kier molecular flexibility index (Phi) is 5.08. The van der Waals surface area contributed by atoms with Gasteiger partial charge in [-0.15, -0.1) is 0 Å². The summed E-state index contributed by atoms with van der Waals surface area (Å²) in [6.45, 7) is 1.60. The van der Waals surface area contributed by atoms with Gasteiger partial charge in [-0.05, 0) is 17.7 Å². The second-order valence-corrected chi connectivity index (χ2v) is 5.93. The monoisotopic (exact) mass is 278 g/mol. The van der Waals surface area contributed by atoms with Crippen LogP contribution in [0.5, 0.6) is 0 Å². The molecule has 1 aromatic rings. The van der Waals surface area contributed by atoms with Gasteiger partial charge < -0.3 is 5.11 Å². The third-order valence-electron chi connectivity index (χ3n) is 2.22. The van der Waals surface area contributed by atoms with Crippen molar-refractivity contribution in [1.82, 2.24) is 0 Å². The maximum absolute atomic E-state index is 12.8. The largest absolute Gasteiger partial charge is 0.481 e. The molecule has 0 heterocycles. The number of benzene rings is 1. The Labute approximate surface area is 106 Å². The summed E-state index contributed by atoms with van der Waals surface area (Å²) in [7, 11) is -1.34. The molecule has 2 atom stereocenters. The van der Waals surface area contributed by atoms with E-state index in [1.54, 1.807) is 6.92 Å². The smallest absolute Gasteiger partial charge is 0.304 e. The van der Waals surface area contributed by atoms with Crippen molar-refractivity contribution < 1.29 is 18.5 Å². The van der Waals surface area contributed by atoms with E-state index in [-0.39, 0.29) is 17.2 Å². The third kappa shape index (κ3) is 4.44. The van der Waals surface area contributed by atoms with Crippen molar-refractivity contribution in [3.05, 3.63) is 34.6 Å². The first kappa shape index (κ1) is 14.1. The van der Waals surface area contributed by atoms with Gasteiger partial charge in [0.25, 0.3) is 0 Å². The quantitative estimate of drug-likeness (QED) is 0.901. The number of rotatable bonds is 5. The summed E-state index contributed by atoms with van der Waals surface area (Å²) >= 11 is 5.79. The van der Waals surface area contributed by atoms with Crippen LogP contribution in [0.3, 0.4) is 0 Å². The summed E-state index contributed by atoms with van der Waals surface area (Å²) in [5.41, 5.74) is 0.559. The van der Waals surface area contributed by atoms with E-state index in [0.29, 0.717) is 5.56 Å². The van der Waals surface area contributed by atoms with E-state index in [1.807, 2.05) is 0 Å². The zero-order valence-electron chi connectivity index (χ0n) is 9.15. The van der Waals surface area contributed by atoms with E-state index in [0.717, 1.165) is 6.07 Å². The number of aliphatic carboxylic acids is 1. The summed E-state index contributed by atoms with van der Waals surface area (Å²) in [6.07, 6.45) is -0.161. The summed E-state index contributed by atoms with van der Waals surface area (Å²) in [5, 5.41) is 8.32. The minimum atomic E-state index is -1.34. The van der Waals surface area contributed by atoms with E-state index < -0.39 is 27.8 Å². The number of carboxylic acids is 1. The highest BCUT2D eigenvalue weighted by atomic mass is 35.5. The average Bonchev–Trinajstić information content (AvgIpc) is 2.21. The predicted molar refractivity (Wildman–Crippen MR) is 65.0 cm³/mol. The molecule has 0 saturated heterocycles. The van der Waals surface area contributed by atoms with Gasteiger partial charge in [0.2, 0.25) is 0 Å². The number of carboxylic acid groups (broad SMARTS) is 1. The fourth-order valence-electron chi connectivity index (χ4n) is 1.27. The molecule has 0 aliphatic rings. The van der Waals surface area contributed by atoms with Crippen LogP contribution in [0.2, 0.25) is 5.02 Å². The lowest BCUT2D eigenvalue weighted by atomic mass is 10.2. The lowest BCUT2D eigenvalue weighted by Crippen LogP contribution is -2.17. The van der Waals surface area contributed by atoms with Gasteiger partial charge in [-0.3, -0.25) is 9.00 Å². The van der Waals surface area contributed by atoms with Crippen LogP contribution in [-0.4, -0.2) is 20.5 Å². The standard InChI is InChI=1S/C11H12ClFO3S/c1-7(4-11(14)15)17(16)6-8-2-3-9(13)5-10(8)12/h2-3,5,7H,4,6H2,1H3,(H,14,15). The molecule has 0 aliphatic heterocycles. The zero-order chi connectivity index (χ0) is 13.0. The molecule has 3 nitrogen and oxygen atoms in total. The Hall–Kier alpha value is -0.940. The van der Waals surface area contributed by atoms with Gasteiger partial charge in [0, 0.05) is 21.1 Å². The van der Waals surface area contributed by atoms with Crippen molar-refractivity contribution in [2.45, 2.75) is 24.3 Å². The molecule has 0 aromatic heterocycles. The van der Waals surface area contributed by atoms with Crippen LogP contribution in [-0.2, 0) is 21.3 Å². The average molecular weight is 279 g/mol. The number of hydrogen-bond donors (Lipinski definition) is 1. The summed E-state index contributed by atoms with van der Waals surface area (Å²) in [6, 6.07) is 3.85. The Balaban J connectivity index is 2.71. The lowest BCUT2D eigenvalue weighted by Gasteiger charge is -2.09. The van der Waals surface area contributed by atoms with E-state index in [2.05, 4.69) is 0 Å². The lowest BCUT2D eigenvalue weighted by molar-refractivity contribution is -0.136. The minimum Gasteiger partial charge on any atom is -0.481 e.